The van der Waals surface area contributed by atoms with E-state index in [0.29, 0.717) is 11.4 Å². The van der Waals surface area contributed by atoms with Gasteiger partial charge in [0.05, 0.1) is 18.4 Å². The zero-order valence-corrected chi connectivity index (χ0v) is 11.8. The van der Waals surface area contributed by atoms with Gasteiger partial charge in [0, 0.05) is 12.3 Å². The third-order valence-corrected chi connectivity index (χ3v) is 3.88. The molecule has 0 unspecified atom stereocenters. The minimum atomic E-state index is -3.89. The molecule has 2 aromatic rings. The van der Waals surface area contributed by atoms with Crippen LogP contribution in [0.5, 0.6) is 5.75 Å². The molecule has 7 nitrogen and oxygen atoms in total. The van der Waals surface area contributed by atoms with E-state index in [9.17, 15) is 13.2 Å². The molecule has 0 amide bonds. The van der Waals surface area contributed by atoms with Gasteiger partial charge in [0.15, 0.2) is 5.03 Å². The van der Waals surface area contributed by atoms with Gasteiger partial charge in [-0.2, -0.15) is 8.42 Å². The van der Waals surface area contributed by atoms with Gasteiger partial charge in [0.1, 0.15) is 5.75 Å². The number of carboxylic acid groups (broad SMARTS) is 1. The lowest BCUT2D eigenvalue weighted by molar-refractivity contribution is 0.0696. The summed E-state index contributed by atoms with van der Waals surface area (Å²) in [6, 6.07) is 8.70. The fourth-order valence-electron chi connectivity index (χ4n) is 1.56. The highest BCUT2D eigenvalue weighted by atomic mass is 32.2. The molecule has 0 fully saturated rings. The SMILES string of the molecule is COc1cccc(NS(=O)(=O)c2ccc(C(=O)O)cn2)c1. The van der Waals surface area contributed by atoms with Gasteiger partial charge in [0.25, 0.3) is 10.0 Å². The van der Waals surface area contributed by atoms with Crippen molar-refractivity contribution in [3.63, 3.8) is 0 Å². The van der Waals surface area contributed by atoms with E-state index in [1.54, 1.807) is 18.2 Å². The number of methoxy groups -OCH3 is 1. The molecule has 8 heteroatoms. The standard InChI is InChI=1S/C13H12N2O5S/c1-20-11-4-2-3-10(7-11)15-21(18,19)12-6-5-9(8-14-12)13(16)17/h2-8,15H,1H3,(H,16,17). The van der Waals surface area contributed by atoms with Gasteiger partial charge in [-0.3, -0.25) is 4.72 Å². The van der Waals surface area contributed by atoms with Crippen LogP contribution in [0.3, 0.4) is 0 Å². The van der Waals surface area contributed by atoms with E-state index < -0.39 is 16.0 Å². The lowest BCUT2D eigenvalue weighted by Gasteiger charge is -2.08. The van der Waals surface area contributed by atoms with Crippen LogP contribution >= 0.6 is 0 Å². The van der Waals surface area contributed by atoms with E-state index in [4.69, 9.17) is 9.84 Å². The van der Waals surface area contributed by atoms with Crippen LogP contribution in [0.25, 0.3) is 0 Å². The molecular formula is C13H12N2O5S. The van der Waals surface area contributed by atoms with Crippen molar-refractivity contribution in [2.24, 2.45) is 0 Å². The van der Waals surface area contributed by atoms with Crippen LogP contribution in [0.1, 0.15) is 10.4 Å². The number of carbonyl (C=O) groups is 1. The van der Waals surface area contributed by atoms with Crippen molar-refractivity contribution >= 4 is 21.7 Å². The summed E-state index contributed by atoms with van der Waals surface area (Å²) in [5.41, 5.74) is 0.230. The van der Waals surface area contributed by atoms with Crippen LogP contribution in [-0.4, -0.2) is 31.6 Å². The molecule has 0 bridgehead atoms. The summed E-state index contributed by atoms with van der Waals surface area (Å²) in [4.78, 5) is 14.4. The second kappa shape index (κ2) is 5.80. The Morgan fingerprint density at radius 1 is 1.29 bits per heavy atom. The number of sulfonamides is 1. The van der Waals surface area contributed by atoms with E-state index in [1.807, 2.05) is 0 Å². The van der Waals surface area contributed by atoms with Crippen molar-refractivity contribution in [2.75, 3.05) is 11.8 Å². The Bertz CT molecular complexity index is 756. The fourth-order valence-corrected chi connectivity index (χ4v) is 2.54. The number of hydrogen-bond acceptors (Lipinski definition) is 5. The van der Waals surface area contributed by atoms with Crippen molar-refractivity contribution < 1.29 is 23.1 Å². The monoisotopic (exact) mass is 308 g/mol. The summed E-state index contributed by atoms with van der Waals surface area (Å²) in [5, 5.41) is 8.48. The number of ether oxygens (including phenoxy) is 1. The molecule has 0 aliphatic heterocycles. The van der Waals surface area contributed by atoms with E-state index in [2.05, 4.69) is 9.71 Å². The first-order valence-corrected chi connectivity index (χ1v) is 7.27. The Morgan fingerprint density at radius 3 is 2.62 bits per heavy atom. The molecule has 2 N–H and O–H groups in total. The van der Waals surface area contributed by atoms with Gasteiger partial charge in [-0.25, -0.2) is 9.78 Å². The molecule has 1 aromatic carbocycles. The van der Waals surface area contributed by atoms with Gasteiger partial charge < -0.3 is 9.84 Å². The third-order valence-electron chi connectivity index (χ3n) is 2.58. The summed E-state index contributed by atoms with van der Waals surface area (Å²) in [7, 11) is -2.42. The highest BCUT2D eigenvalue weighted by Gasteiger charge is 2.17. The van der Waals surface area contributed by atoms with Crippen molar-refractivity contribution in [1.82, 2.24) is 4.98 Å². The summed E-state index contributed by atoms with van der Waals surface area (Å²) < 4.78 is 31.6. The minimum Gasteiger partial charge on any atom is -0.497 e. The number of nitrogens with zero attached hydrogens (tertiary/aromatic N) is 1. The van der Waals surface area contributed by atoms with Crippen LogP contribution < -0.4 is 9.46 Å². The van der Waals surface area contributed by atoms with Crippen LogP contribution in [0.2, 0.25) is 0 Å². The van der Waals surface area contributed by atoms with Crippen LogP contribution in [0.15, 0.2) is 47.6 Å². The van der Waals surface area contributed by atoms with Crippen molar-refractivity contribution in [3.05, 3.63) is 48.2 Å². The average Bonchev–Trinajstić information content (AvgIpc) is 2.47. The molecule has 0 saturated carbocycles. The van der Waals surface area contributed by atoms with Crippen LogP contribution in [0.4, 0.5) is 5.69 Å². The Balaban J connectivity index is 2.27. The highest BCUT2D eigenvalue weighted by Crippen LogP contribution is 2.19. The molecule has 0 atom stereocenters. The molecule has 0 aliphatic carbocycles. The second-order valence-electron chi connectivity index (χ2n) is 4.03. The van der Waals surface area contributed by atoms with Gasteiger partial charge in [-0.05, 0) is 24.3 Å². The maximum atomic E-state index is 12.1. The molecule has 2 rings (SSSR count). The highest BCUT2D eigenvalue weighted by molar-refractivity contribution is 7.92. The Hall–Kier alpha value is -2.61. The molecule has 1 aromatic heterocycles. The number of hydrogen-bond donors (Lipinski definition) is 2. The Kier molecular flexibility index (Phi) is 4.08. The first kappa shape index (κ1) is 14.8. The topological polar surface area (TPSA) is 106 Å². The van der Waals surface area contributed by atoms with E-state index in [1.165, 1.54) is 19.2 Å². The first-order chi connectivity index (χ1) is 9.92. The molecule has 1 heterocycles. The Morgan fingerprint density at radius 2 is 2.05 bits per heavy atom. The lowest BCUT2D eigenvalue weighted by Crippen LogP contribution is -2.15. The van der Waals surface area contributed by atoms with E-state index in [-0.39, 0.29) is 10.6 Å². The quantitative estimate of drug-likeness (QED) is 0.869. The zero-order chi connectivity index (χ0) is 15.5. The first-order valence-electron chi connectivity index (χ1n) is 5.78. The number of rotatable bonds is 5. The second-order valence-corrected chi connectivity index (χ2v) is 5.66. The van der Waals surface area contributed by atoms with E-state index >= 15 is 0 Å². The summed E-state index contributed by atoms with van der Waals surface area (Å²) in [5.74, 6) is -0.670. The molecule has 0 aliphatic rings. The number of carboxylic acids is 1. The minimum absolute atomic E-state index is 0.0877. The van der Waals surface area contributed by atoms with Crippen LogP contribution in [-0.2, 0) is 10.0 Å². The molecule has 21 heavy (non-hydrogen) atoms. The molecule has 0 saturated heterocycles. The fraction of sp³-hybridized carbons (Fsp3) is 0.0769. The van der Waals surface area contributed by atoms with Crippen molar-refractivity contribution in [3.8, 4) is 5.75 Å². The molecule has 0 radical (unpaired) electrons. The van der Waals surface area contributed by atoms with E-state index in [0.717, 1.165) is 12.3 Å². The summed E-state index contributed by atoms with van der Waals surface area (Å²) >= 11 is 0. The van der Waals surface area contributed by atoms with Crippen molar-refractivity contribution in [1.29, 1.82) is 0 Å². The largest absolute Gasteiger partial charge is 0.497 e. The van der Waals surface area contributed by atoms with Gasteiger partial charge in [-0.1, -0.05) is 6.07 Å². The molecular weight excluding hydrogens is 296 g/mol. The molecule has 110 valence electrons. The summed E-state index contributed by atoms with van der Waals surface area (Å²) in [6.07, 6.45) is 0.989. The smallest absolute Gasteiger partial charge is 0.337 e. The number of nitrogens with one attached hydrogen (secondary N) is 1. The zero-order valence-electron chi connectivity index (χ0n) is 11.0. The molecule has 0 spiro atoms. The predicted octanol–water partition coefficient (Wildman–Crippen LogP) is 1.59. The predicted molar refractivity (Wildman–Crippen MR) is 75.0 cm³/mol. The maximum Gasteiger partial charge on any atom is 0.337 e. The Labute approximate surface area is 121 Å². The third kappa shape index (κ3) is 3.48. The average molecular weight is 308 g/mol. The maximum absolute atomic E-state index is 12.1. The van der Waals surface area contributed by atoms with Crippen LogP contribution in [0, 0.1) is 0 Å². The number of benzene rings is 1. The normalized spacial score (nSPS) is 10.9. The number of aromatic carboxylic acids is 1. The summed E-state index contributed by atoms with van der Waals surface area (Å²) in [6.45, 7) is 0. The number of anilines is 1. The van der Waals surface area contributed by atoms with Crippen molar-refractivity contribution in [2.45, 2.75) is 5.03 Å². The van der Waals surface area contributed by atoms with Gasteiger partial charge in [0.2, 0.25) is 0 Å². The number of pyridine rings is 1. The van der Waals surface area contributed by atoms with Gasteiger partial charge >= 0.3 is 5.97 Å². The van der Waals surface area contributed by atoms with Gasteiger partial charge in [-0.15, -0.1) is 0 Å². The number of aromatic nitrogens is 1. The lowest BCUT2D eigenvalue weighted by atomic mass is 10.3.